The molecule has 0 aliphatic rings. The number of hydrogen-bond donors (Lipinski definition) is 4. The molecule has 0 saturated heterocycles. The first-order chi connectivity index (χ1) is 8.58. The van der Waals surface area contributed by atoms with Crippen molar-refractivity contribution in [3.05, 3.63) is 16.1 Å². The summed E-state index contributed by atoms with van der Waals surface area (Å²) in [5, 5.41) is 22.1. The summed E-state index contributed by atoms with van der Waals surface area (Å²) in [6.45, 7) is 0.129. The second-order valence-corrected chi connectivity index (χ2v) is 4.48. The first kappa shape index (κ1) is 14.6. The number of nitrogens with two attached hydrogens (primary N) is 1. The predicted octanol–water partition coefficient (Wildman–Crippen LogP) is -0.790. The van der Waals surface area contributed by atoms with E-state index in [2.05, 4.69) is 10.3 Å². The predicted molar refractivity (Wildman–Crippen MR) is 65.5 cm³/mol. The summed E-state index contributed by atoms with van der Waals surface area (Å²) in [6.07, 6.45) is 0.539. The van der Waals surface area contributed by atoms with Gasteiger partial charge in [-0.3, -0.25) is 4.79 Å². The molecule has 18 heavy (non-hydrogen) atoms. The van der Waals surface area contributed by atoms with Gasteiger partial charge in [-0.15, -0.1) is 11.3 Å². The Morgan fingerprint density at radius 2 is 2.28 bits per heavy atom. The van der Waals surface area contributed by atoms with Crippen LogP contribution in [0.25, 0.3) is 0 Å². The van der Waals surface area contributed by atoms with E-state index >= 15 is 0 Å². The van der Waals surface area contributed by atoms with Crippen LogP contribution in [0.5, 0.6) is 0 Å². The van der Waals surface area contributed by atoms with Crippen molar-refractivity contribution in [1.82, 2.24) is 10.3 Å². The molecular weight excluding hydrogens is 258 g/mol. The second kappa shape index (κ2) is 7.04. The molecule has 1 unspecified atom stereocenters. The van der Waals surface area contributed by atoms with E-state index in [1.54, 1.807) is 5.38 Å². The highest BCUT2D eigenvalue weighted by molar-refractivity contribution is 7.09. The van der Waals surface area contributed by atoms with Crippen LogP contribution in [0.15, 0.2) is 5.38 Å². The van der Waals surface area contributed by atoms with Gasteiger partial charge in [0.15, 0.2) is 0 Å². The van der Waals surface area contributed by atoms with Gasteiger partial charge >= 0.3 is 5.97 Å². The first-order valence-electron chi connectivity index (χ1n) is 5.37. The number of aliphatic hydroxyl groups excluding tert-OH is 1. The summed E-state index contributed by atoms with van der Waals surface area (Å²) < 4.78 is 0. The zero-order valence-corrected chi connectivity index (χ0v) is 10.4. The van der Waals surface area contributed by atoms with Gasteiger partial charge in [-0.25, -0.2) is 9.78 Å². The highest BCUT2D eigenvalue weighted by Crippen LogP contribution is 2.10. The fraction of sp³-hybridized carbons (Fsp3) is 0.500. The maximum absolute atomic E-state index is 11.7. The molecule has 100 valence electrons. The Morgan fingerprint density at radius 3 is 2.83 bits per heavy atom. The largest absolute Gasteiger partial charge is 0.480 e. The van der Waals surface area contributed by atoms with Crippen LogP contribution in [-0.4, -0.2) is 46.3 Å². The average Bonchev–Trinajstić information content (AvgIpc) is 2.77. The fourth-order valence-electron chi connectivity index (χ4n) is 1.27. The van der Waals surface area contributed by atoms with Crippen LogP contribution in [0.4, 0.5) is 0 Å². The number of hydrogen-bond acceptors (Lipinski definition) is 6. The molecule has 1 atom stereocenters. The van der Waals surface area contributed by atoms with Crippen LogP contribution in [-0.2, 0) is 11.2 Å². The molecule has 0 radical (unpaired) electrons. The van der Waals surface area contributed by atoms with E-state index in [0.717, 1.165) is 5.01 Å². The van der Waals surface area contributed by atoms with Crippen molar-refractivity contribution in [3.63, 3.8) is 0 Å². The van der Waals surface area contributed by atoms with Crippen LogP contribution >= 0.6 is 11.3 Å². The Kier molecular flexibility index (Phi) is 5.69. The first-order valence-corrected chi connectivity index (χ1v) is 6.25. The molecule has 1 amide bonds. The van der Waals surface area contributed by atoms with Crippen molar-refractivity contribution in [2.75, 3.05) is 13.2 Å². The minimum Gasteiger partial charge on any atom is -0.480 e. The third-order valence-corrected chi connectivity index (χ3v) is 3.07. The topological polar surface area (TPSA) is 126 Å². The summed E-state index contributed by atoms with van der Waals surface area (Å²) >= 11 is 1.30. The maximum Gasteiger partial charge on any atom is 0.326 e. The highest BCUT2D eigenvalue weighted by atomic mass is 32.1. The van der Waals surface area contributed by atoms with Gasteiger partial charge in [0.05, 0.1) is 5.01 Å². The number of nitrogens with zero attached hydrogens (tertiary/aromatic N) is 1. The summed E-state index contributed by atoms with van der Waals surface area (Å²) in [4.78, 5) is 26.6. The monoisotopic (exact) mass is 273 g/mol. The molecule has 7 nitrogen and oxygen atoms in total. The minimum absolute atomic E-state index is 0.0408. The van der Waals surface area contributed by atoms with Crippen LogP contribution in [0.1, 0.15) is 21.9 Å². The van der Waals surface area contributed by atoms with E-state index in [9.17, 15) is 9.59 Å². The number of carbonyl (C=O) groups is 2. The maximum atomic E-state index is 11.7. The quantitative estimate of drug-likeness (QED) is 0.516. The third kappa shape index (κ3) is 4.06. The number of aromatic nitrogens is 1. The Bertz CT molecular complexity index is 421. The van der Waals surface area contributed by atoms with Crippen LogP contribution in [0.2, 0.25) is 0 Å². The second-order valence-electron chi connectivity index (χ2n) is 3.54. The molecule has 1 aromatic heterocycles. The molecule has 0 bridgehead atoms. The average molecular weight is 273 g/mol. The van der Waals surface area contributed by atoms with E-state index < -0.39 is 17.9 Å². The number of nitrogens with one attached hydrogen (secondary N) is 1. The summed E-state index contributed by atoms with van der Waals surface area (Å²) in [6, 6.07) is -1.11. The normalized spacial score (nSPS) is 12.1. The Balaban J connectivity index is 2.64. The van der Waals surface area contributed by atoms with E-state index in [1.165, 1.54) is 11.3 Å². The molecule has 1 rings (SSSR count). The molecule has 1 heterocycles. The lowest BCUT2D eigenvalue weighted by Gasteiger charge is -2.11. The molecule has 0 aromatic carbocycles. The standard InChI is InChI=1S/C10H15N3O4S/c11-3-1-8-12-7(5-18-8)9(15)13-6(2-4-14)10(16)17/h5-6,14H,1-4,11H2,(H,13,15)(H,16,17). The molecule has 0 fully saturated rings. The minimum atomic E-state index is -1.19. The number of carbonyl (C=O) groups excluding carboxylic acids is 1. The SMILES string of the molecule is NCCc1nc(C(=O)NC(CCO)C(=O)O)cs1. The number of rotatable bonds is 7. The third-order valence-electron chi connectivity index (χ3n) is 2.16. The lowest BCUT2D eigenvalue weighted by atomic mass is 10.2. The fourth-order valence-corrected chi connectivity index (χ4v) is 2.07. The van der Waals surface area contributed by atoms with Crippen LogP contribution in [0, 0.1) is 0 Å². The van der Waals surface area contributed by atoms with Crippen molar-refractivity contribution in [1.29, 1.82) is 0 Å². The van der Waals surface area contributed by atoms with Gasteiger partial charge in [0.2, 0.25) is 0 Å². The van der Waals surface area contributed by atoms with E-state index in [4.69, 9.17) is 15.9 Å². The Labute approximate surface area is 108 Å². The van der Waals surface area contributed by atoms with Crippen molar-refractivity contribution < 1.29 is 19.8 Å². The number of carboxylic acid groups (broad SMARTS) is 1. The van der Waals surface area contributed by atoms with Gasteiger partial charge < -0.3 is 21.3 Å². The van der Waals surface area contributed by atoms with E-state index in [1.807, 2.05) is 0 Å². The lowest BCUT2D eigenvalue weighted by Crippen LogP contribution is -2.41. The van der Waals surface area contributed by atoms with E-state index in [0.29, 0.717) is 13.0 Å². The number of amides is 1. The van der Waals surface area contributed by atoms with Crippen LogP contribution < -0.4 is 11.1 Å². The molecule has 5 N–H and O–H groups in total. The van der Waals surface area contributed by atoms with Gasteiger partial charge in [-0.2, -0.15) is 0 Å². The lowest BCUT2D eigenvalue weighted by molar-refractivity contribution is -0.139. The molecule has 0 aliphatic carbocycles. The van der Waals surface area contributed by atoms with E-state index in [-0.39, 0.29) is 18.7 Å². The van der Waals surface area contributed by atoms with Gasteiger partial charge in [-0.05, 0) is 6.54 Å². The van der Waals surface area contributed by atoms with Crippen molar-refractivity contribution in [3.8, 4) is 0 Å². The van der Waals surface area contributed by atoms with Gasteiger partial charge in [0, 0.05) is 24.8 Å². The number of aliphatic hydroxyl groups is 1. The molecule has 0 spiro atoms. The summed E-state index contributed by atoms with van der Waals surface area (Å²) in [5.41, 5.74) is 5.54. The number of aliphatic carboxylic acids is 1. The van der Waals surface area contributed by atoms with Crippen LogP contribution in [0.3, 0.4) is 0 Å². The number of thiazole rings is 1. The molecular formula is C10H15N3O4S. The molecule has 8 heteroatoms. The highest BCUT2D eigenvalue weighted by Gasteiger charge is 2.21. The molecule has 1 aromatic rings. The number of carboxylic acids is 1. The Hall–Kier alpha value is -1.51. The van der Waals surface area contributed by atoms with Gasteiger partial charge in [0.25, 0.3) is 5.91 Å². The molecule has 0 aliphatic heterocycles. The molecule has 0 saturated carbocycles. The Morgan fingerprint density at radius 1 is 1.56 bits per heavy atom. The summed E-state index contributed by atoms with van der Waals surface area (Å²) in [7, 11) is 0. The smallest absolute Gasteiger partial charge is 0.326 e. The zero-order valence-electron chi connectivity index (χ0n) is 9.63. The van der Waals surface area contributed by atoms with Gasteiger partial charge in [-0.1, -0.05) is 0 Å². The van der Waals surface area contributed by atoms with Crippen molar-refractivity contribution in [2.24, 2.45) is 5.73 Å². The summed E-state index contributed by atoms with van der Waals surface area (Å²) in [5.74, 6) is -1.75. The zero-order chi connectivity index (χ0) is 13.5. The van der Waals surface area contributed by atoms with Gasteiger partial charge in [0.1, 0.15) is 11.7 Å². The van der Waals surface area contributed by atoms with Crippen molar-refractivity contribution in [2.45, 2.75) is 18.9 Å². The van der Waals surface area contributed by atoms with Crippen molar-refractivity contribution >= 4 is 23.2 Å².